The van der Waals surface area contributed by atoms with E-state index in [2.05, 4.69) is 0 Å². The number of carbonyl (C=O) groups excluding carboxylic acids is 2. The molecule has 0 fully saturated rings. The summed E-state index contributed by atoms with van der Waals surface area (Å²) in [5.41, 5.74) is 0.953. The number of benzene rings is 2. The molecule has 0 saturated heterocycles. The molecule has 6 nitrogen and oxygen atoms in total. The summed E-state index contributed by atoms with van der Waals surface area (Å²) >= 11 is 0. The number of carbonyl (C=O) groups is 2. The van der Waals surface area contributed by atoms with Gasteiger partial charge in [0.25, 0.3) is 5.91 Å². The van der Waals surface area contributed by atoms with Crippen LogP contribution in [0, 0.1) is 0 Å². The summed E-state index contributed by atoms with van der Waals surface area (Å²) in [5, 5.41) is 0.650. The van der Waals surface area contributed by atoms with Gasteiger partial charge in [0.05, 0.1) is 25.3 Å². The summed E-state index contributed by atoms with van der Waals surface area (Å²) in [5.74, 6) is 0.216. The summed E-state index contributed by atoms with van der Waals surface area (Å²) in [6.07, 6.45) is 0.702. The maximum Gasteiger partial charge on any atom is 0.340 e. The number of hydrogen-bond acceptors (Lipinski definition) is 5. The highest BCUT2D eigenvalue weighted by Gasteiger charge is 2.23. The van der Waals surface area contributed by atoms with Crippen molar-refractivity contribution in [3.8, 4) is 11.5 Å². The van der Waals surface area contributed by atoms with Gasteiger partial charge in [-0.05, 0) is 25.1 Å². The Morgan fingerprint density at radius 1 is 0.962 bits per heavy atom. The topological polar surface area (TPSA) is 66.8 Å². The molecule has 134 valence electrons. The molecule has 0 amide bonds. The summed E-state index contributed by atoms with van der Waals surface area (Å²) in [4.78, 5) is 24.9. The van der Waals surface area contributed by atoms with E-state index in [0.717, 1.165) is 0 Å². The third kappa shape index (κ3) is 3.13. The minimum atomic E-state index is -0.785. The van der Waals surface area contributed by atoms with E-state index in [1.54, 1.807) is 49.4 Å². The predicted molar refractivity (Wildman–Crippen MR) is 97.0 cm³/mol. The fourth-order valence-electron chi connectivity index (χ4n) is 2.79. The molecule has 0 aliphatic heterocycles. The number of methoxy groups -OCH3 is 2. The molecule has 6 heteroatoms. The van der Waals surface area contributed by atoms with Gasteiger partial charge in [-0.25, -0.2) is 4.79 Å². The van der Waals surface area contributed by atoms with Crippen molar-refractivity contribution in [1.82, 2.24) is 4.57 Å². The Hall–Kier alpha value is -3.28. The molecule has 1 aromatic heterocycles. The van der Waals surface area contributed by atoms with Crippen molar-refractivity contribution < 1.29 is 23.8 Å². The number of aromatic nitrogens is 1. The van der Waals surface area contributed by atoms with Gasteiger partial charge in [0, 0.05) is 11.6 Å². The third-order valence-corrected chi connectivity index (χ3v) is 4.08. The molecule has 3 rings (SSSR count). The third-order valence-electron chi connectivity index (χ3n) is 4.08. The van der Waals surface area contributed by atoms with Crippen LogP contribution in [0.15, 0.2) is 54.7 Å². The number of nitrogens with zero attached hydrogens (tertiary/aromatic N) is 1. The van der Waals surface area contributed by atoms with Crippen molar-refractivity contribution in [2.75, 3.05) is 14.2 Å². The Balaban J connectivity index is 1.96. The Morgan fingerprint density at radius 3 is 2.31 bits per heavy atom. The number of ether oxygens (including phenoxy) is 3. The number of esters is 1. The van der Waals surface area contributed by atoms with E-state index in [0.29, 0.717) is 28.0 Å². The van der Waals surface area contributed by atoms with Gasteiger partial charge in [-0.2, -0.15) is 0 Å². The van der Waals surface area contributed by atoms with Crippen LogP contribution in [0.5, 0.6) is 11.5 Å². The van der Waals surface area contributed by atoms with Gasteiger partial charge in [0.15, 0.2) is 17.6 Å². The number of fused-ring (bicyclic) bond motifs is 1. The van der Waals surface area contributed by atoms with Crippen LogP contribution in [-0.4, -0.2) is 36.8 Å². The second-order valence-corrected chi connectivity index (χ2v) is 5.67. The first-order chi connectivity index (χ1) is 12.6. The molecule has 0 N–H and O–H groups in total. The zero-order valence-electron chi connectivity index (χ0n) is 14.8. The highest BCUT2D eigenvalue weighted by atomic mass is 16.5. The second-order valence-electron chi connectivity index (χ2n) is 5.67. The van der Waals surface area contributed by atoms with Crippen LogP contribution in [0.1, 0.15) is 22.1 Å². The van der Waals surface area contributed by atoms with Gasteiger partial charge in [0.1, 0.15) is 0 Å². The standard InChI is InChI=1S/C20H19NO5/c1-13(26-18-11-7-6-10-17(18)24-2)19(22)21-12-15(20(23)25-3)14-8-4-5-9-16(14)21/h4-13H,1-3H3/t13-/m0/s1. The largest absolute Gasteiger partial charge is 0.493 e. The van der Waals surface area contributed by atoms with Crippen LogP contribution in [0.3, 0.4) is 0 Å². The summed E-state index contributed by atoms with van der Waals surface area (Å²) in [6.45, 7) is 1.65. The van der Waals surface area contributed by atoms with Crippen molar-refractivity contribution in [1.29, 1.82) is 0 Å². The van der Waals surface area contributed by atoms with Crippen LogP contribution < -0.4 is 9.47 Å². The van der Waals surface area contributed by atoms with Crippen molar-refractivity contribution >= 4 is 22.8 Å². The van der Waals surface area contributed by atoms with E-state index in [1.165, 1.54) is 25.0 Å². The fraction of sp³-hybridized carbons (Fsp3) is 0.200. The molecule has 0 radical (unpaired) electrons. The van der Waals surface area contributed by atoms with E-state index in [4.69, 9.17) is 14.2 Å². The van der Waals surface area contributed by atoms with Gasteiger partial charge in [-0.15, -0.1) is 0 Å². The van der Waals surface area contributed by atoms with Crippen molar-refractivity contribution in [3.05, 3.63) is 60.3 Å². The smallest absolute Gasteiger partial charge is 0.340 e. The summed E-state index contributed by atoms with van der Waals surface area (Å²) in [7, 11) is 2.85. The molecule has 3 aromatic rings. The molecule has 2 aromatic carbocycles. The predicted octanol–water partition coefficient (Wildman–Crippen LogP) is 3.54. The van der Waals surface area contributed by atoms with Crippen LogP contribution in [-0.2, 0) is 4.74 Å². The molecule has 26 heavy (non-hydrogen) atoms. The molecule has 1 heterocycles. The van der Waals surface area contributed by atoms with Gasteiger partial charge < -0.3 is 14.2 Å². The molecule has 0 aliphatic rings. The molecule has 0 aliphatic carbocycles. The minimum Gasteiger partial charge on any atom is -0.493 e. The molecule has 0 unspecified atom stereocenters. The second kappa shape index (κ2) is 7.31. The first-order valence-corrected chi connectivity index (χ1v) is 8.09. The Bertz CT molecular complexity index is 960. The van der Waals surface area contributed by atoms with Crippen molar-refractivity contribution in [2.45, 2.75) is 13.0 Å². The lowest BCUT2D eigenvalue weighted by Gasteiger charge is -2.16. The zero-order chi connectivity index (χ0) is 18.7. The van der Waals surface area contributed by atoms with Crippen molar-refractivity contribution in [3.63, 3.8) is 0 Å². The monoisotopic (exact) mass is 353 g/mol. The van der Waals surface area contributed by atoms with E-state index in [1.807, 2.05) is 6.07 Å². The van der Waals surface area contributed by atoms with Gasteiger partial charge >= 0.3 is 5.97 Å². The quantitative estimate of drug-likeness (QED) is 0.656. The van der Waals surface area contributed by atoms with E-state index >= 15 is 0 Å². The number of rotatable bonds is 5. The molecular formula is C20H19NO5. The summed E-state index contributed by atoms with van der Waals surface area (Å²) in [6, 6.07) is 14.3. The minimum absolute atomic E-state index is 0.303. The average molecular weight is 353 g/mol. The number of hydrogen-bond donors (Lipinski definition) is 0. The lowest BCUT2D eigenvalue weighted by molar-refractivity contribution is 0.0602. The highest BCUT2D eigenvalue weighted by molar-refractivity contribution is 6.07. The first kappa shape index (κ1) is 17.5. The summed E-state index contributed by atoms with van der Waals surface area (Å²) < 4.78 is 17.3. The van der Waals surface area contributed by atoms with E-state index in [9.17, 15) is 9.59 Å². The maximum absolute atomic E-state index is 12.9. The van der Waals surface area contributed by atoms with Crippen molar-refractivity contribution in [2.24, 2.45) is 0 Å². The Labute approximate surface area is 150 Å². The van der Waals surface area contributed by atoms with Gasteiger partial charge in [-0.3, -0.25) is 9.36 Å². The van der Waals surface area contributed by atoms with Crippen LogP contribution in [0.25, 0.3) is 10.9 Å². The lowest BCUT2D eigenvalue weighted by atomic mass is 10.2. The molecule has 0 bridgehead atoms. The van der Waals surface area contributed by atoms with Crippen LogP contribution >= 0.6 is 0 Å². The van der Waals surface area contributed by atoms with Gasteiger partial charge in [0.2, 0.25) is 0 Å². The molecule has 1 atom stereocenters. The zero-order valence-corrected chi connectivity index (χ0v) is 14.8. The highest BCUT2D eigenvalue weighted by Crippen LogP contribution is 2.28. The van der Waals surface area contributed by atoms with E-state index in [-0.39, 0.29) is 5.91 Å². The van der Waals surface area contributed by atoms with E-state index < -0.39 is 12.1 Å². The average Bonchev–Trinajstić information content (AvgIpc) is 3.06. The fourth-order valence-corrected chi connectivity index (χ4v) is 2.79. The Morgan fingerprint density at radius 2 is 1.62 bits per heavy atom. The molecule has 0 spiro atoms. The normalized spacial score (nSPS) is 11.8. The molecule has 0 saturated carbocycles. The van der Waals surface area contributed by atoms with Crippen LogP contribution in [0.2, 0.25) is 0 Å². The first-order valence-electron chi connectivity index (χ1n) is 8.09. The Kier molecular flexibility index (Phi) is 4.93. The molecular weight excluding hydrogens is 334 g/mol. The lowest BCUT2D eigenvalue weighted by Crippen LogP contribution is -2.29. The van der Waals surface area contributed by atoms with Gasteiger partial charge in [-0.1, -0.05) is 30.3 Å². The van der Waals surface area contributed by atoms with Crippen LogP contribution in [0.4, 0.5) is 0 Å². The number of para-hydroxylation sites is 3. The maximum atomic E-state index is 12.9. The SMILES string of the molecule is COC(=O)c1cn(C(=O)[C@H](C)Oc2ccccc2OC)c2ccccc12.